The van der Waals surface area contributed by atoms with E-state index in [1.165, 1.54) is 12.8 Å². The number of anilines is 1. The number of nitrogen functional groups attached to an aromatic ring is 1. The van der Waals surface area contributed by atoms with Gasteiger partial charge in [-0.15, -0.1) is 0 Å². The predicted octanol–water partition coefficient (Wildman–Crippen LogP) is 2.38. The van der Waals surface area contributed by atoms with Crippen molar-refractivity contribution in [2.24, 2.45) is 0 Å². The molecule has 1 aliphatic rings. The second-order valence-corrected chi connectivity index (χ2v) is 5.11. The fourth-order valence-electron chi connectivity index (χ4n) is 2.49. The van der Waals surface area contributed by atoms with Crippen LogP contribution in [-0.2, 0) is 0 Å². The summed E-state index contributed by atoms with van der Waals surface area (Å²) in [5, 5.41) is 0. The SMILES string of the molecule is Cc1cc(N)c(C(=O)N2CCCCCC2C)cn1. The van der Waals surface area contributed by atoms with Crippen molar-refractivity contribution >= 4 is 11.6 Å². The molecule has 2 rings (SSSR count). The minimum absolute atomic E-state index is 0.0226. The third kappa shape index (κ3) is 2.63. The Morgan fingerprint density at radius 2 is 2.22 bits per heavy atom. The maximum Gasteiger partial charge on any atom is 0.257 e. The smallest absolute Gasteiger partial charge is 0.257 e. The second-order valence-electron chi connectivity index (χ2n) is 5.11. The van der Waals surface area contributed by atoms with Crippen LogP contribution in [0.3, 0.4) is 0 Å². The van der Waals surface area contributed by atoms with Gasteiger partial charge in [0.2, 0.25) is 0 Å². The number of nitrogens with two attached hydrogens (primary N) is 1. The van der Waals surface area contributed by atoms with Crippen LogP contribution in [0.5, 0.6) is 0 Å². The van der Waals surface area contributed by atoms with Gasteiger partial charge in [-0.3, -0.25) is 9.78 Å². The Balaban J connectivity index is 2.23. The van der Waals surface area contributed by atoms with Gasteiger partial charge in [-0.25, -0.2) is 0 Å². The lowest BCUT2D eigenvalue weighted by Crippen LogP contribution is -2.38. The highest BCUT2D eigenvalue weighted by molar-refractivity contribution is 5.99. The maximum atomic E-state index is 12.5. The zero-order chi connectivity index (χ0) is 13.1. The Morgan fingerprint density at radius 1 is 1.44 bits per heavy atom. The monoisotopic (exact) mass is 247 g/mol. The summed E-state index contributed by atoms with van der Waals surface area (Å²) in [4.78, 5) is 18.6. The van der Waals surface area contributed by atoms with Crippen LogP contribution in [0, 0.1) is 6.92 Å². The fraction of sp³-hybridized carbons (Fsp3) is 0.571. The van der Waals surface area contributed by atoms with Crippen molar-refractivity contribution in [2.75, 3.05) is 12.3 Å². The molecule has 4 heteroatoms. The van der Waals surface area contributed by atoms with Crippen molar-refractivity contribution in [1.82, 2.24) is 9.88 Å². The minimum Gasteiger partial charge on any atom is -0.398 e. The number of aryl methyl sites for hydroxylation is 1. The first-order valence-electron chi connectivity index (χ1n) is 6.62. The first-order valence-corrected chi connectivity index (χ1v) is 6.62. The standard InChI is InChI=1S/C14H21N3O/c1-10-8-13(15)12(9-16-10)14(18)17-7-5-3-4-6-11(17)2/h8-9,11H,3-7H2,1-2H3,(H2,15,16). The minimum atomic E-state index is 0.0226. The molecular weight excluding hydrogens is 226 g/mol. The zero-order valence-corrected chi connectivity index (χ0v) is 11.1. The largest absolute Gasteiger partial charge is 0.398 e. The first-order chi connectivity index (χ1) is 8.59. The van der Waals surface area contributed by atoms with Crippen LogP contribution >= 0.6 is 0 Å². The normalized spacial score (nSPS) is 20.6. The summed E-state index contributed by atoms with van der Waals surface area (Å²) in [6.07, 6.45) is 6.16. The molecule has 0 saturated carbocycles. The van der Waals surface area contributed by atoms with E-state index in [4.69, 9.17) is 5.73 Å². The van der Waals surface area contributed by atoms with Gasteiger partial charge < -0.3 is 10.6 Å². The molecule has 1 unspecified atom stereocenters. The van der Waals surface area contributed by atoms with Crippen LogP contribution in [0.15, 0.2) is 12.3 Å². The number of hydrogen-bond donors (Lipinski definition) is 1. The Kier molecular flexibility index (Phi) is 3.84. The lowest BCUT2D eigenvalue weighted by atomic mass is 10.1. The zero-order valence-electron chi connectivity index (χ0n) is 11.1. The van der Waals surface area contributed by atoms with Gasteiger partial charge in [0.25, 0.3) is 5.91 Å². The van der Waals surface area contributed by atoms with Gasteiger partial charge in [0, 0.05) is 30.2 Å². The number of aromatic nitrogens is 1. The quantitative estimate of drug-likeness (QED) is 0.828. The van der Waals surface area contributed by atoms with E-state index in [0.29, 0.717) is 17.3 Å². The Labute approximate surface area is 108 Å². The summed E-state index contributed by atoms with van der Waals surface area (Å²) < 4.78 is 0. The van der Waals surface area contributed by atoms with Crippen LogP contribution in [0.25, 0.3) is 0 Å². The van der Waals surface area contributed by atoms with Gasteiger partial charge in [0.1, 0.15) is 0 Å². The van der Waals surface area contributed by atoms with Gasteiger partial charge in [-0.05, 0) is 32.8 Å². The van der Waals surface area contributed by atoms with E-state index in [0.717, 1.165) is 25.1 Å². The summed E-state index contributed by atoms with van der Waals surface area (Å²) >= 11 is 0. The molecule has 0 aromatic carbocycles. The fourth-order valence-corrected chi connectivity index (χ4v) is 2.49. The molecule has 1 aromatic rings. The van der Waals surface area contributed by atoms with Crippen LogP contribution < -0.4 is 5.73 Å². The van der Waals surface area contributed by atoms with Gasteiger partial charge in [-0.2, -0.15) is 0 Å². The molecule has 98 valence electrons. The summed E-state index contributed by atoms with van der Waals surface area (Å²) in [5.41, 5.74) is 7.83. The van der Waals surface area contributed by atoms with E-state index in [2.05, 4.69) is 11.9 Å². The van der Waals surface area contributed by atoms with E-state index < -0.39 is 0 Å². The lowest BCUT2D eigenvalue weighted by molar-refractivity contribution is 0.0698. The molecule has 2 heterocycles. The number of hydrogen-bond acceptors (Lipinski definition) is 3. The molecule has 1 atom stereocenters. The molecule has 0 bridgehead atoms. The van der Waals surface area contributed by atoms with E-state index in [1.54, 1.807) is 12.3 Å². The molecule has 0 radical (unpaired) electrons. The summed E-state index contributed by atoms with van der Waals surface area (Å²) in [5.74, 6) is 0.0226. The van der Waals surface area contributed by atoms with Gasteiger partial charge in [0.05, 0.1) is 5.56 Å². The molecule has 2 N–H and O–H groups in total. The topological polar surface area (TPSA) is 59.2 Å². The van der Waals surface area contributed by atoms with Crippen molar-refractivity contribution in [1.29, 1.82) is 0 Å². The second kappa shape index (κ2) is 5.38. The number of pyridine rings is 1. The molecule has 18 heavy (non-hydrogen) atoms. The van der Waals surface area contributed by atoms with E-state index in [-0.39, 0.29) is 5.91 Å². The van der Waals surface area contributed by atoms with E-state index >= 15 is 0 Å². The highest BCUT2D eigenvalue weighted by Gasteiger charge is 2.24. The Hall–Kier alpha value is -1.58. The molecule has 1 aromatic heterocycles. The number of rotatable bonds is 1. The molecular formula is C14H21N3O. The Bertz CT molecular complexity index is 445. The van der Waals surface area contributed by atoms with Crippen molar-refractivity contribution in [2.45, 2.75) is 45.6 Å². The number of likely N-dealkylation sites (tertiary alicyclic amines) is 1. The summed E-state index contributed by atoms with van der Waals surface area (Å²) in [7, 11) is 0. The number of carbonyl (C=O) groups is 1. The van der Waals surface area contributed by atoms with E-state index in [1.807, 2.05) is 11.8 Å². The van der Waals surface area contributed by atoms with Crippen molar-refractivity contribution in [3.8, 4) is 0 Å². The molecule has 1 amide bonds. The van der Waals surface area contributed by atoms with E-state index in [9.17, 15) is 4.79 Å². The highest BCUT2D eigenvalue weighted by atomic mass is 16.2. The number of carbonyl (C=O) groups excluding carboxylic acids is 1. The van der Waals surface area contributed by atoms with Crippen LogP contribution in [-0.4, -0.2) is 28.4 Å². The average Bonchev–Trinajstić information content (AvgIpc) is 2.53. The van der Waals surface area contributed by atoms with Crippen molar-refractivity contribution in [3.63, 3.8) is 0 Å². The maximum absolute atomic E-state index is 12.5. The number of amides is 1. The first kappa shape index (κ1) is 12.9. The molecule has 1 saturated heterocycles. The van der Waals surface area contributed by atoms with Crippen LogP contribution in [0.1, 0.15) is 48.7 Å². The lowest BCUT2D eigenvalue weighted by Gasteiger charge is -2.27. The van der Waals surface area contributed by atoms with Gasteiger partial charge in [0.15, 0.2) is 0 Å². The van der Waals surface area contributed by atoms with Crippen molar-refractivity contribution < 1.29 is 4.79 Å². The predicted molar refractivity (Wildman–Crippen MR) is 72.4 cm³/mol. The average molecular weight is 247 g/mol. The third-order valence-corrected chi connectivity index (χ3v) is 3.62. The van der Waals surface area contributed by atoms with Crippen LogP contribution in [0.4, 0.5) is 5.69 Å². The van der Waals surface area contributed by atoms with Gasteiger partial charge >= 0.3 is 0 Å². The van der Waals surface area contributed by atoms with Gasteiger partial charge in [-0.1, -0.05) is 12.8 Å². The molecule has 4 nitrogen and oxygen atoms in total. The summed E-state index contributed by atoms with van der Waals surface area (Å²) in [6, 6.07) is 2.05. The van der Waals surface area contributed by atoms with Crippen LogP contribution in [0.2, 0.25) is 0 Å². The summed E-state index contributed by atoms with van der Waals surface area (Å²) in [6.45, 7) is 4.81. The molecule has 0 aliphatic carbocycles. The number of nitrogens with zero attached hydrogens (tertiary/aromatic N) is 2. The third-order valence-electron chi connectivity index (χ3n) is 3.62. The molecule has 0 spiro atoms. The molecule has 1 fully saturated rings. The Morgan fingerprint density at radius 3 is 2.94 bits per heavy atom. The van der Waals surface area contributed by atoms with Crippen molar-refractivity contribution in [3.05, 3.63) is 23.5 Å². The molecule has 1 aliphatic heterocycles. The highest BCUT2D eigenvalue weighted by Crippen LogP contribution is 2.21.